The molecule has 3 rings (SSSR count). The predicted molar refractivity (Wildman–Crippen MR) is 70.0 cm³/mol. The zero-order valence-electron chi connectivity index (χ0n) is 10.5. The van der Waals surface area contributed by atoms with E-state index in [1.165, 1.54) is 43.5 Å². The van der Waals surface area contributed by atoms with Crippen molar-refractivity contribution >= 4 is 5.69 Å². The topological polar surface area (TPSA) is 42.1 Å². The molecule has 0 unspecified atom stereocenters. The van der Waals surface area contributed by atoms with Crippen LogP contribution in [-0.4, -0.2) is 17.6 Å². The third-order valence-corrected chi connectivity index (χ3v) is 3.77. The highest BCUT2D eigenvalue weighted by Gasteiger charge is 2.34. The first-order valence-electron chi connectivity index (χ1n) is 6.70. The first-order chi connectivity index (χ1) is 8.28. The average molecular weight is 231 g/mol. The first-order valence-corrected chi connectivity index (χ1v) is 6.70. The van der Waals surface area contributed by atoms with E-state index in [0.29, 0.717) is 6.54 Å². The van der Waals surface area contributed by atoms with Crippen molar-refractivity contribution < 1.29 is 0 Å². The fourth-order valence-electron chi connectivity index (χ4n) is 2.41. The maximum Gasteiger partial charge on any atom is 0.0448 e. The normalized spacial score (nSPS) is 19.4. The second-order valence-electron chi connectivity index (χ2n) is 5.49. The van der Waals surface area contributed by atoms with Crippen molar-refractivity contribution in [2.24, 2.45) is 11.7 Å². The number of nitrogens with two attached hydrogens (primary N) is 1. The Labute approximate surface area is 103 Å². The van der Waals surface area contributed by atoms with Gasteiger partial charge in [-0.15, -0.1) is 0 Å². The van der Waals surface area contributed by atoms with E-state index in [1.54, 1.807) is 0 Å². The summed E-state index contributed by atoms with van der Waals surface area (Å²) in [6.45, 7) is 3.88. The van der Waals surface area contributed by atoms with Crippen LogP contribution in [-0.2, 0) is 6.54 Å². The van der Waals surface area contributed by atoms with Crippen LogP contribution in [0.2, 0.25) is 0 Å². The van der Waals surface area contributed by atoms with Gasteiger partial charge in [-0.05, 0) is 44.6 Å². The van der Waals surface area contributed by atoms with Crippen LogP contribution < -0.4 is 10.6 Å². The van der Waals surface area contributed by atoms with Gasteiger partial charge in [-0.1, -0.05) is 0 Å². The molecule has 0 radical (unpaired) electrons. The summed E-state index contributed by atoms with van der Waals surface area (Å²) in [7, 11) is 0. The Hall–Kier alpha value is -1.09. The summed E-state index contributed by atoms with van der Waals surface area (Å²) in [6, 6.07) is 2.98. The first kappa shape index (κ1) is 11.0. The molecule has 0 bridgehead atoms. The summed E-state index contributed by atoms with van der Waals surface area (Å²) < 4.78 is 0. The van der Waals surface area contributed by atoms with E-state index in [1.807, 2.05) is 6.20 Å². The second-order valence-corrected chi connectivity index (χ2v) is 5.49. The van der Waals surface area contributed by atoms with Crippen LogP contribution in [0.15, 0.2) is 12.3 Å². The highest BCUT2D eigenvalue weighted by molar-refractivity contribution is 5.55. The van der Waals surface area contributed by atoms with E-state index in [0.717, 1.165) is 17.7 Å². The maximum atomic E-state index is 5.84. The molecule has 2 N–H and O–H groups in total. The molecule has 0 aromatic carbocycles. The standard InChI is InChI=1S/C14H21N3/c1-10-6-14(12(7-15)8-16-10)17(13-4-5-13)9-11-2-3-11/h6,8,11,13H,2-5,7,9,15H2,1H3. The number of hydrogen-bond acceptors (Lipinski definition) is 3. The number of nitrogens with zero attached hydrogens (tertiary/aromatic N) is 2. The summed E-state index contributed by atoms with van der Waals surface area (Å²) >= 11 is 0. The van der Waals surface area contributed by atoms with E-state index in [-0.39, 0.29) is 0 Å². The van der Waals surface area contributed by atoms with Gasteiger partial charge in [-0.2, -0.15) is 0 Å². The molecule has 2 aliphatic carbocycles. The van der Waals surface area contributed by atoms with Crippen LogP contribution >= 0.6 is 0 Å². The summed E-state index contributed by atoms with van der Waals surface area (Å²) in [5, 5.41) is 0. The summed E-state index contributed by atoms with van der Waals surface area (Å²) in [5.74, 6) is 0.926. The van der Waals surface area contributed by atoms with Crippen LogP contribution in [0.4, 0.5) is 5.69 Å². The number of hydrogen-bond donors (Lipinski definition) is 1. The summed E-state index contributed by atoms with van der Waals surface area (Å²) in [5.41, 5.74) is 9.47. The van der Waals surface area contributed by atoms with Crippen LogP contribution in [0, 0.1) is 12.8 Å². The largest absolute Gasteiger partial charge is 0.368 e. The SMILES string of the molecule is Cc1cc(N(CC2CC2)C2CC2)c(CN)cn1. The molecule has 1 heterocycles. The van der Waals surface area contributed by atoms with Gasteiger partial charge in [0.25, 0.3) is 0 Å². The minimum Gasteiger partial charge on any atom is -0.368 e. The maximum absolute atomic E-state index is 5.84. The average Bonchev–Trinajstić information content (AvgIpc) is 3.17. The monoisotopic (exact) mass is 231 g/mol. The third-order valence-electron chi connectivity index (χ3n) is 3.77. The Morgan fingerprint density at radius 3 is 2.71 bits per heavy atom. The van der Waals surface area contributed by atoms with Crippen LogP contribution in [0.25, 0.3) is 0 Å². The highest BCUT2D eigenvalue weighted by Crippen LogP contribution is 2.38. The molecular formula is C14H21N3. The summed E-state index contributed by atoms with van der Waals surface area (Å²) in [6.07, 6.45) is 7.46. The van der Waals surface area contributed by atoms with Gasteiger partial charge in [0.2, 0.25) is 0 Å². The van der Waals surface area contributed by atoms with Gasteiger partial charge in [0.05, 0.1) is 0 Å². The van der Waals surface area contributed by atoms with Crippen molar-refractivity contribution in [2.45, 2.75) is 45.2 Å². The van der Waals surface area contributed by atoms with Crippen molar-refractivity contribution in [3.63, 3.8) is 0 Å². The number of aryl methyl sites for hydroxylation is 1. The Bertz CT molecular complexity index is 408. The van der Waals surface area contributed by atoms with Crippen LogP contribution in [0.5, 0.6) is 0 Å². The van der Waals surface area contributed by atoms with Gasteiger partial charge in [0, 0.05) is 42.3 Å². The van der Waals surface area contributed by atoms with E-state index in [9.17, 15) is 0 Å². The van der Waals surface area contributed by atoms with Gasteiger partial charge < -0.3 is 10.6 Å². The zero-order chi connectivity index (χ0) is 11.8. The molecular weight excluding hydrogens is 210 g/mol. The van der Waals surface area contributed by atoms with Crippen LogP contribution in [0.3, 0.4) is 0 Å². The minimum absolute atomic E-state index is 0.594. The van der Waals surface area contributed by atoms with Crippen molar-refractivity contribution in [1.82, 2.24) is 4.98 Å². The van der Waals surface area contributed by atoms with Crippen molar-refractivity contribution in [1.29, 1.82) is 0 Å². The lowest BCUT2D eigenvalue weighted by Gasteiger charge is -2.27. The molecule has 0 aliphatic heterocycles. The summed E-state index contributed by atoms with van der Waals surface area (Å²) in [4.78, 5) is 6.95. The number of anilines is 1. The van der Waals surface area contributed by atoms with Gasteiger partial charge in [0.15, 0.2) is 0 Å². The lowest BCUT2D eigenvalue weighted by molar-refractivity contribution is 0.713. The van der Waals surface area contributed by atoms with Gasteiger partial charge in [-0.3, -0.25) is 4.98 Å². The van der Waals surface area contributed by atoms with E-state index < -0.39 is 0 Å². The van der Waals surface area contributed by atoms with E-state index >= 15 is 0 Å². The molecule has 0 spiro atoms. The highest BCUT2D eigenvalue weighted by atomic mass is 15.2. The Morgan fingerprint density at radius 2 is 2.12 bits per heavy atom. The molecule has 0 saturated heterocycles. The molecule has 2 fully saturated rings. The van der Waals surface area contributed by atoms with Crippen LogP contribution in [0.1, 0.15) is 36.9 Å². The Balaban J connectivity index is 1.89. The van der Waals surface area contributed by atoms with E-state index in [4.69, 9.17) is 5.73 Å². The van der Waals surface area contributed by atoms with E-state index in [2.05, 4.69) is 22.9 Å². The minimum atomic E-state index is 0.594. The van der Waals surface area contributed by atoms with Crippen molar-refractivity contribution in [3.8, 4) is 0 Å². The Kier molecular flexibility index (Phi) is 2.79. The molecule has 17 heavy (non-hydrogen) atoms. The number of aromatic nitrogens is 1. The molecule has 2 saturated carbocycles. The Morgan fingerprint density at radius 1 is 1.35 bits per heavy atom. The second kappa shape index (κ2) is 4.30. The molecule has 3 nitrogen and oxygen atoms in total. The van der Waals surface area contributed by atoms with Gasteiger partial charge >= 0.3 is 0 Å². The zero-order valence-corrected chi connectivity index (χ0v) is 10.5. The quantitative estimate of drug-likeness (QED) is 0.845. The molecule has 2 aliphatic rings. The predicted octanol–water partition coefficient (Wildman–Crippen LogP) is 2.23. The fourth-order valence-corrected chi connectivity index (χ4v) is 2.41. The molecule has 0 atom stereocenters. The number of rotatable bonds is 5. The lowest BCUT2D eigenvalue weighted by Crippen LogP contribution is -2.29. The molecule has 92 valence electrons. The molecule has 1 aromatic rings. The van der Waals surface area contributed by atoms with Gasteiger partial charge in [0.1, 0.15) is 0 Å². The van der Waals surface area contributed by atoms with Crippen molar-refractivity contribution in [3.05, 3.63) is 23.5 Å². The molecule has 3 heteroatoms. The fraction of sp³-hybridized carbons (Fsp3) is 0.643. The smallest absolute Gasteiger partial charge is 0.0448 e. The number of pyridine rings is 1. The van der Waals surface area contributed by atoms with Gasteiger partial charge in [-0.25, -0.2) is 0 Å². The molecule has 1 aromatic heterocycles. The third kappa shape index (κ3) is 2.44. The molecule has 0 amide bonds. The van der Waals surface area contributed by atoms with Crippen molar-refractivity contribution in [2.75, 3.05) is 11.4 Å². The lowest BCUT2D eigenvalue weighted by atomic mass is 10.1.